The number of hydrogen-bond acceptors (Lipinski definition) is 10. The quantitative estimate of drug-likeness (QED) is 0.118. The lowest BCUT2D eigenvalue weighted by molar-refractivity contribution is -0.0493. The van der Waals surface area contributed by atoms with Gasteiger partial charge in [-0.3, -0.25) is 29.4 Å². The molecule has 6 saturated heterocycles. The summed E-state index contributed by atoms with van der Waals surface area (Å²) in [7, 11) is 3.35. The van der Waals surface area contributed by atoms with E-state index in [-0.39, 0.29) is 34.8 Å². The second kappa shape index (κ2) is 16.6. The van der Waals surface area contributed by atoms with Crippen LogP contribution in [0, 0.1) is 23.7 Å². The first-order chi connectivity index (χ1) is 31.3. The molecule has 4 bridgehead atoms. The van der Waals surface area contributed by atoms with Gasteiger partial charge in [0.2, 0.25) is 0 Å². The number of benzene rings is 4. The minimum atomic E-state index is -0.475. The van der Waals surface area contributed by atoms with Gasteiger partial charge in [-0.05, 0) is 123 Å². The molecule has 13 rings (SSSR count). The van der Waals surface area contributed by atoms with E-state index in [0.717, 1.165) is 109 Å². The molecule has 4 aromatic carbocycles. The van der Waals surface area contributed by atoms with Crippen molar-refractivity contribution in [3.05, 3.63) is 131 Å². The van der Waals surface area contributed by atoms with Gasteiger partial charge in [-0.25, -0.2) is 0 Å². The molecule has 10 atom stereocenters. The number of methoxy groups -OCH3 is 2. The minimum absolute atomic E-state index is 0.0377. The average molecular weight is 857 g/mol. The van der Waals surface area contributed by atoms with Gasteiger partial charge in [0.15, 0.2) is 11.6 Å². The maximum Gasteiger partial charge on any atom is 0.198 e. The number of carbonyl (C=O) groups is 2. The zero-order chi connectivity index (χ0) is 43.6. The van der Waals surface area contributed by atoms with Gasteiger partial charge in [0, 0.05) is 58.5 Å². The molecular formula is C54H56N4O6. The number of nitrogens with zero attached hydrogens (tertiary/aromatic N) is 4. The minimum Gasteiger partial charge on any atom is -0.497 e. The molecule has 6 aliphatic heterocycles. The number of fused-ring (bicyclic) bond motifs is 10. The largest absolute Gasteiger partial charge is 0.497 e. The fraction of sp³-hybridized carbons (Fsp3) is 0.407. The molecule has 64 heavy (non-hydrogen) atoms. The number of carbonyl (C=O) groups excluding carboxylic acids is 2. The van der Waals surface area contributed by atoms with Crippen molar-refractivity contribution in [1.29, 1.82) is 0 Å². The molecule has 6 aromatic rings. The molecule has 0 amide bonds. The van der Waals surface area contributed by atoms with Crippen molar-refractivity contribution < 1.29 is 28.5 Å². The molecule has 10 heteroatoms. The van der Waals surface area contributed by atoms with Gasteiger partial charge in [0.25, 0.3) is 0 Å². The lowest BCUT2D eigenvalue weighted by Crippen LogP contribution is -2.56. The predicted molar refractivity (Wildman–Crippen MR) is 247 cm³/mol. The molecule has 0 radical (unpaired) electrons. The molecule has 0 N–H and O–H groups in total. The standard InChI is InChI=1S/C54H56N4O6/c1-5-31-29-57-23-19-33(31)25-45(57)53(39-17-21-55-43-13-11-35(61-3)27-41(39)43)63-47-15-16-48(50-49(47)51(59)37-9-7-8-10-38(37)52(50)60)64-54(46-26-34-20-24-58(46)30-32(34)6-2)40-18-22-56-44-14-12-36(62-4)28-42(40)44/h7-18,21-22,27-28,31-34,45-46,53-54H,5-6,19-20,23-26,29-30H2,1-4H3/t31-,32+,33+,34-,45-,46+,53-,54-/m0/s1. The van der Waals surface area contributed by atoms with Gasteiger partial charge in [-0.15, -0.1) is 0 Å². The average Bonchev–Trinajstić information content (AvgIpc) is 3.36. The normalized spacial score (nSPS) is 26.6. The van der Waals surface area contributed by atoms with Crippen molar-refractivity contribution in [2.45, 2.75) is 76.7 Å². The second-order valence-corrected chi connectivity index (χ2v) is 18.7. The highest BCUT2D eigenvalue weighted by Gasteiger charge is 2.47. The maximum absolute atomic E-state index is 15.1. The summed E-state index contributed by atoms with van der Waals surface area (Å²) in [6, 6.07) is 27.0. The van der Waals surface area contributed by atoms with E-state index in [1.54, 1.807) is 26.4 Å². The number of hydrogen-bond donors (Lipinski definition) is 0. The Kier molecular flexibility index (Phi) is 10.6. The second-order valence-electron chi connectivity index (χ2n) is 18.7. The summed E-state index contributed by atoms with van der Waals surface area (Å²) in [5.74, 6) is 4.15. The molecule has 0 saturated carbocycles. The molecule has 1 aliphatic carbocycles. The van der Waals surface area contributed by atoms with Gasteiger partial charge in [0.1, 0.15) is 35.2 Å². The Morgan fingerprint density at radius 1 is 0.609 bits per heavy atom. The van der Waals surface area contributed by atoms with Crippen LogP contribution in [0.25, 0.3) is 21.8 Å². The van der Waals surface area contributed by atoms with E-state index >= 15 is 9.59 Å². The van der Waals surface area contributed by atoms with E-state index in [1.807, 2.05) is 85.2 Å². The van der Waals surface area contributed by atoms with Crippen LogP contribution < -0.4 is 18.9 Å². The van der Waals surface area contributed by atoms with Crippen LogP contribution in [0.4, 0.5) is 0 Å². The summed E-state index contributed by atoms with van der Waals surface area (Å²) in [5.41, 5.74) is 4.87. The van der Waals surface area contributed by atoms with Crippen LogP contribution in [-0.2, 0) is 0 Å². The van der Waals surface area contributed by atoms with Gasteiger partial charge in [0.05, 0.1) is 48.5 Å². The molecule has 6 fully saturated rings. The first-order valence-corrected chi connectivity index (χ1v) is 23.4. The third-order valence-electron chi connectivity index (χ3n) is 15.7. The van der Waals surface area contributed by atoms with Crippen molar-refractivity contribution >= 4 is 33.4 Å². The summed E-state index contributed by atoms with van der Waals surface area (Å²) < 4.78 is 26.3. The Bertz CT molecular complexity index is 2600. The maximum atomic E-state index is 15.1. The van der Waals surface area contributed by atoms with Gasteiger partial charge in [-0.2, -0.15) is 0 Å². The lowest BCUT2D eigenvalue weighted by Gasteiger charge is -2.52. The first-order valence-electron chi connectivity index (χ1n) is 23.4. The molecule has 7 aliphatic rings. The van der Waals surface area contributed by atoms with Gasteiger partial charge < -0.3 is 18.9 Å². The van der Waals surface area contributed by atoms with E-state index < -0.39 is 12.2 Å². The fourth-order valence-electron chi connectivity index (χ4n) is 12.3. The molecular weight excluding hydrogens is 801 g/mol. The van der Waals surface area contributed by atoms with Crippen LogP contribution in [-0.4, -0.2) is 83.8 Å². The summed E-state index contributed by atoms with van der Waals surface area (Å²) in [5, 5.41) is 1.88. The van der Waals surface area contributed by atoms with Crippen LogP contribution in [0.3, 0.4) is 0 Å². The molecule has 0 spiro atoms. The van der Waals surface area contributed by atoms with E-state index in [9.17, 15) is 0 Å². The van der Waals surface area contributed by atoms with Gasteiger partial charge >= 0.3 is 0 Å². The van der Waals surface area contributed by atoms with E-state index in [2.05, 4.69) is 23.6 Å². The zero-order valence-corrected chi connectivity index (χ0v) is 37.2. The van der Waals surface area contributed by atoms with Crippen LogP contribution >= 0.6 is 0 Å². The third-order valence-corrected chi connectivity index (χ3v) is 15.7. The Morgan fingerprint density at radius 2 is 1.06 bits per heavy atom. The molecule has 328 valence electrons. The number of piperidine rings is 6. The Labute approximate surface area is 374 Å². The highest BCUT2D eigenvalue weighted by Crippen LogP contribution is 2.49. The fourth-order valence-corrected chi connectivity index (χ4v) is 12.3. The topological polar surface area (TPSA) is 103 Å². The van der Waals surface area contributed by atoms with E-state index in [4.69, 9.17) is 28.9 Å². The highest BCUT2D eigenvalue weighted by molar-refractivity contribution is 6.30. The smallest absolute Gasteiger partial charge is 0.198 e. The van der Waals surface area contributed by atoms with E-state index in [1.165, 1.54) is 0 Å². The zero-order valence-electron chi connectivity index (χ0n) is 37.2. The summed E-state index contributed by atoms with van der Waals surface area (Å²) in [6.07, 6.45) is 9.30. The van der Waals surface area contributed by atoms with E-state index in [0.29, 0.717) is 46.3 Å². The Morgan fingerprint density at radius 3 is 1.45 bits per heavy atom. The summed E-state index contributed by atoms with van der Waals surface area (Å²) >= 11 is 0. The summed E-state index contributed by atoms with van der Waals surface area (Å²) in [4.78, 5) is 45.0. The Hall–Kier alpha value is -5.84. The van der Waals surface area contributed by atoms with Crippen LogP contribution in [0.5, 0.6) is 23.0 Å². The van der Waals surface area contributed by atoms with Crippen molar-refractivity contribution in [3.8, 4) is 23.0 Å². The SMILES string of the molecule is CC[C@@H]1CN2CC[C@H]1C[C@@H]2[C@@H](Oc1ccc(O[C@@H](c2ccnc3ccc(OC)cc23)[C@@H]2C[C@H]3CCN2C[C@@H]3CC)c2c1C(=O)c1ccccc1C2=O)c1ccnc2ccc(OC)cc12. The number of ether oxygens (including phenoxy) is 4. The highest BCUT2D eigenvalue weighted by atomic mass is 16.5. The third kappa shape index (κ3) is 6.83. The monoisotopic (exact) mass is 856 g/mol. The number of aromatic nitrogens is 2. The van der Waals surface area contributed by atoms with Crippen LogP contribution in [0.15, 0.2) is 97.3 Å². The number of rotatable bonds is 12. The van der Waals surface area contributed by atoms with Crippen molar-refractivity contribution in [1.82, 2.24) is 19.8 Å². The number of ketones is 2. The van der Waals surface area contributed by atoms with Crippen LogP contribution in [0.1, 0.15) is 108 Å². The molecule has 2 unspecified atom stereocenters. The van der Waals surface area contributed by atoms with Gasteiger partial charge in [-0.1, -0.05) is 51.0 Å². The molecule has 8 heterocycles. The predicted octanol–water partition coefficient (Wildman–Crippen LogP) is 10.1. The van der Waals surface area contributed by atoms with Crippen molar-refractivity contribution in [2.24, 2.45) is 23.7 Å². The molecule has 10 nitrogen and oxygen atoms in total. The van der Waals surface area contributed by atoms with Crippen LogP contribution in [0.2, 0.25) is 0 Å². The molecule has 2 aromatic heterocycles. The summed E-state index contributed by atoms with van der Waals surface area (Å²) in [6.45, 7) is 8.58. The van der Waals surface area contributed by atoms with Crippen molar-refractivity contribution in [3.63, 3.8) is 0 Å². The Balaban J connectivity index is 1.07. The number of pyridine rings is 2. The van der Waals surface area contributed by atoms with Crippen molar-refractivity contribution in [2.75, 3.05) is 40.4 Å². The lowest BCUT2D eigenvalue weighted by atomic mass is 9.72. The first kappa shape index (κ1) is 40.9.